The van der Waals surface area contributed by atoms with Gasteiger partial charge >= 0.3 is 0 Å². The number of aromatic nitrogens is 2. The van der Waals surface area contributed by atoms with Crippen LogP contribution in [0.15, 0.2) is 29.3 Å². The smallest absolute Gasteiger partial charge is 0.270 e. The van der Waals surface area contributed by atoms with Gasteiger partial charge in [-0.2, -0.15) is 0 Å². The van der Waals surface area contributed by atoms with Gasteiger partial charge in [-0.1, -0.05) is 6.92 Å². The molecule has 6 nitrogen and oxygen atoms in total. The first-order chi connectivity index (χ1) is 10.4. The van der Waals surface area contributed by atoms with E-state index in [0.717, 1.165) is 12.0 Å². The van der Waals surface area contributed by atoms with Gasteiger partial charge in [-0.15, -0.1) is 0 Å². The molecule has 1 saturated heterocycles. The molecular weight excluding hydrogens is 280 g/mol. The second-order valence-corrected chi connectivity index (χ2v) is 6.40. The van der Waals surface area contributed by atoms with Crippen LogP contribution >= 0.6 is 0 Å². The summed E-state index contributed by atoms with van der Waals surface area (Å²) in [6, 6.07) is 3.64. The van der Waals surface area contributed by atoms with Crippen molar-refractivity contribution in [2.75, 3.05) is 19.6 Å². The summed E-state index contributed by atoms with van der Waals surface area (Å²) in [5.41, 5.74) is 7.07. The summed E-state index contributed by atoms with van der Waals surface area (Å²) in [6.45, 7) is 5.74. The van der Waals surface area contributed by atoms with E-state index in [0.29, 0.717) is 25.3 Å². The fourth-order valence-electron chi connectivity index (χ4n) is 2.86. The van der Waals surface area contributed by atoms with Crippen molar-refractivity contribution in [3.05, 3.63) is 46.0 Å². The lowest BCUT2D eigenvalue weighted by Crippen LogP contribution is -2.37. The van der Waals surface area contributed by atoms with Crippen molar-refractivity contribution in [2.45, 2.75) is 20.3 Å². The van der Waals surface area contributed by atoms with Crippen LogP contribution in [-0.2, 0) is 0 Å². The molecular formula is C16H20N4O2. The van der Waals surface area contributed by atoms with Gasteiger partial charge in [-0.25, -0.2) is 4.98 Å². The maximum absolute atomic E-state index is 12.6. The van der Waals surface area contributed by atoms with E-state index in [1.54, 1.807) is 11.1 Å². The molecule has 3 rings (SSSR count). The second-order valence-electron chi connectivity index (χ2n) is 6.40. The molecule has 0 aliphatic carbocycles. The van der Waals surface area contributed by atoms with Crippen molar-refractivity contribution >= 4 is 11.6 Å². The standard InChI is InChI=1S/C16H20N4O2/c1-11-3-5-20-13(7-11)18-8-12(15(20)22)14(21)19-6-4-16(2,9-17)10-19/h3,5,7-8H,4,6,9-10,17H2,1-2H3. The Morgan fingerprint density at radius 1 is 1.50 bits per heavy atom. The van der Waals surface area contributed by atoms with E-state index in [2.05, 4.69) is 11.9 Å². The minimum Gasteiger partial charge on any atom is -0.338 e. The zero-order valence-electron chi connectivity index (χ0n) is 12.9. The molecule has 2 aromatic heterocycles. The maximum Gasteiger partial charge on any atom is 0.270 e. The topological polar surface area (TPSA) is 80.7 Å². The minimum absolute atomic E-state index is 0.0623. The van der Waals surface area contributed by atoms with Crippen molar-refractivity contribution in [1.29, 1.82) is 0 Å². The molecule has 22 heavy (non-hydrogen) atoms. The average molecular weight is 300 g/mol. The normalized spacial score (nSPS) is 21.5. The van der Waals surface area contributed by atoms with Gasteiger partial charge in [-0.3, -0.25) is 14.0 Å². The van der Waals surface area contributed by atoms with Crippen molar-refractivity contribution < 1.29 is 4.79 Å². The number of carbonyl (C=O) groups excluding carboxylic acids is 1. The average Bonchev–Trinajstić information content (AvgIpc) is 2.90. The molecule has 0 aromatic carbocycles. The first kappa shape index (κ1) is 14.7. The predicted octanol–water partition coefficient (Wildman–Crippen LogP) is 0.814. The molecule has 2 aromatic rings. The van der Waals surface area contributed by atoms with Crippen LogP contribution in [0.2, 0.25) is 0 Å². The molecule has 0 bridgehead atoms. The molecule has 116 valence electrons. The highest BCUT2D eigenvalue weighted by Gasteiger charge is 2.36. The molecule has 1 fully saturated rings. The lowest BCUT2D eigenvalue weighted by atomic mass is 9.90. The number of hydrogen-bond donors (Lipinski definition) is 1. The highest BCUT2D eigenvalue weighted by atomic mass is 16.2. The summed E-state index contributed by atoms with van der Waals surface area (Å²) < 4.78 is 1.42. The van der Waals surface area contributed by atoms with Gasteiger partial charge < -0.3 is 10.6 Å². The third kappa shape index (κ3) is 2.39. The summed E-state index contributed by atoms with van der Waals surface area (Å²) in [5.74, 6) is -0.260. The van der Waals surface area contributed by atoms with Gasteiger partial charge in [0.15, 0.2) is 0 Å². The van der Waals surface area contributed by atoms with Crippen LogP contribution < -0.4 is 11.3 Å². The molecule has 1 atom stereocenters. The van der Waals surface area contributed by atoms with E-state index in [9.17, 15) is 9.59 Å². The van der Waals surface area contributed by atoms with Crippen molar-refractivity contribution in [3.8, 4) is 0 Å². The van der Waals surface area contributed by atoms with Gasteiger partial charge in [-0.05, 0) is 43.0 Å². The fourth-order valence-corrected chi connectivity index (χ4v) is 2.86. The third-order valence-corrected chi connectivity index (χ3v) is 4.43. The predicted molar refractivity (Wildman–Crippen MR) is 83.9 cm³/mol. The molecule has 3 heterocycles. The summed E-state index contributed by atoms with van der Waals surface area (Å²) >= 11 is 0. The summed E-state index contributed by atoms with van der Waals surface area (Å²) in [5, 5.41) is 0. The van der Waals surface area contributed by atoms with Crippen molar-refractivity contribution in [1.82, 2.24) is 14.3 Å². The number of fused-ring (bicyclic) bond motifs is 1. The van der Waals surface area contributed by atoms with Crippen molar-refractivity contribution in [3.63, 3.8) is 0 Å². The molecule has 0 radical (unpaired) electrons. The molecule has 1 amide bonds. The van der Waals surface area contributed by atoms with Crippen LogP contribution in [-0.4, -0.2) is 39.8 Å². The van der Waals surface area contributed by atoms with Crippen molar-refractivity contribution in [2.24, 2.45) is 11.1 Å². The van der Waals surface area contributed by atoms with E-state index in [-0.39, 0.29) is 22.4 Å². The van der Waals surface area contributed by atoms with Gasteiger partial charge in [0, 0.05) is 25.5 Å². The number of nitrogens with zero attached hydrogens (tertiary/aromatic N) is 3. The van der Waals surface area contributed by atoms with E-state index in [1.807, 2.05) is 19.1 Å². The molecule has 2 N–H and O–H groups in total. The molecule has 1 aliphatic rings. The SMILES string of the molecule is Cc1ccn2c(=O)c(C(=O)N3CCC(C)(CN)C3)cnc2c1. The number of pyridine rings is 1. The summed E-state index contributed by atoms with van der Waals surface area (Å²) in [6.07, 6.45) is 3.90. The first-order valence-corrected chi connectivity index (χ1v) is 7.41. The Morgan fingerprint density at radius 2 is 2.27 bits per heavy atom. The van der Waals surface area contributed by atoms with Gasteiger partial charge in [0.25, 0.3) is 11.5 Å². The quantitative estimate of drug-likeness (QED) is 0.890. The Balaban J connectivity index is 1.97. The lowest BCUT2D eigenvalue weighted by Gasteiger charge is -2.22. The minimum atomic E-state index is -0.323. The van der Waals surface area contributed by atoms with E-state index >= 15 is 0 Å². The number of rotatable bonds is 2. The number of nitrogens with two attached hydrogens (primary N) is 1. The van der Waals surface area contributed by atoms with Gasteiger partial charge in [0.2, 0.25) is 0 Å². The Labute approximate surface area is 128 Å². The Kier molecular flexibility index (Phi) is 3.48. The Morgan fingerprint density at radius 3 is 2.95 bits per heavy atom. The number of hydrogen-bond acceptors (Lipinski definition) is 4. The molecule has 0 spiro atoms. The van der Waals surface area contributed by atoms with Gasteiger partial charge in [0.05, 0.1) is 0 Å². The zero-order chi connectivity index (χ0) is 15.9. The van der Waals surface area contributed by atoms with Crippen LogP contribution in [0.1, 0.15) is 29.3 Å². The van der Waals surface area contributed by atoms with E-state index in [4.69, 9.17) is 5.73 Å². The molecule has 1 aliphatic heterocycles. The maximum atomic E-state index is 12.6. The first-order valence-electron chi connectivity index (χ1n) is 7.41. The van der Waals surface area contributed by atoms with Gasteiger partial charge in [0.1, 0.15) is 11.2 Å². The number of likely N-dealkylation sites (tertiary alicyclic amines) is 1. The van der Waals surface area contributed by atoms with Crippen LogP contribution in [0.5, 0.6) is 0 Å². The highest BCUT2D eigenvalue weighted by Crippen LogP contribution is 2.29. The molecule has 0 saturated carbocycles. The summed E-state index contributed by atoms with van der Waals surface area (Å²) in [7, 11) is 0. The van der Waals surface area contributed by atoms with Crippen LogP contribution in [0.25, 0.3) is 5.65 Å². The van der Waals surface area contributed by atoms with E-state index in [1.165, 1.54) is 10.6 Å². The van der Waals surface area contributed by atoms with E-state index < -0.39 is 0 Å². The number of aryl methyl sites for hydroxylation is 1. The lowest BCUT2D eigenvalue weighted by molar-refractivity contribution is 0.0774. The number of amides is 1. The monoisotopic (exact) mass is 300 g/mol. The Bertz CT molecular complexity index is 798. The fraction of sp³-hybridized carbons (Fsp3) is 0.438. The zero-order valence-corrected chi connectivity index (χ0v) is 12.9. The Hall–Kier alpha value is -2.21. The molecule has 1 unspecified atom stereocenters. The van der Waals surface area contributed by atoms with Crippen LogP contribution in [0.4, 0.5) is 0 Å². The van der Waals surface area contributed by atoms with Crippen LogP contribution in [0, 0.1) is 12.3 Å². The molecule has 6 heteroatoms. The van der Waals surface area contributed by atoms with Crippen LogP contribution in [0.3, 0.4) is 0 Å². The summed E-state index contributed by atoms with van der Waals surface area (Å²) in [4.78, 5) is 31.1. The second kappa shape index (κ2) is 5.21. The largest absolute Gasteiger partial charge is 0.338 e. The number of carbonyl (C=O) groups is 1. The third-order valence-electron chi connectivity index (χ3n) is 4.43. The highest BCUT2D eigenvalue weighted by molar-refractivity contribution is 5.94.